The SMILES string of the molecule is CCCOCCC(O)Cl. The van der Waals surface area contributed by atoms with Crippen LogP contribution in [0.5, 0.6) is 0 Å². The Kier molecular flexibility index (Phi) is 6.48. The van der Waals surface area contributed by atoms with Crippen molar-refractivity contribution in [1.82, 2.24) is 0 Å². The van der Waals surface area contributed by atoms with Gasteiger partial charge >= 0.3 is 0 Å². The van der Waals surface area contributed by atoms with Crippen molar-refractivity contribution in [2.45, 2.75) is 25.3 Å². The molecule has 0 rings (SSSR count). The Balaban J connectivity index is 2.75. The molecule has 0 aromatic rings. The second-order valence-corrected chi connectivity index (χ2v) is 2.34. The molecule has 0 aromatic heterocycles. The average molecular weight is 153 g/mol. The summed E-state index contributed by atoms with van der Waals surface area (Å²) in [6.07, 6.45) is 1.53. The van der Waals surface area contributed by atoms with E-state index in [2.05, 4.69) is 0 Å². The lowest BCUT2D eigenvalue weighted by Gasteiger charge is -2.01. The second-order valence-electron chi connectivity index (χ2n) is 1.84. The van der Waals surface area contributed by atoms with E-state index in [9.17, 15) is 0 Å². The third kappa shape index (κ3) is 8.21. The minimum atomic E-state index is -0.748. The summed E-state index contributed by atoms with van der Waals surface area (Å²) in [5, 5.41) is 8.54. The van der Waals surface area contributed by atoms with Crippen molar-refractivity contribution >= 4 is 11.6 Å². The second kappa shape index (κ2) is 6.33. The first-order chi connectivity index (χ1) is 4.27. The van der Waals surface area contributed by atoms with Crippen molar-refractivity contribution in [2.24, 2.45) is 0 Å². The summed E-state index contributed by atoms with van der Waals surface area (Å²) >= 11 is 5.23. The average Bonchev–Trinajstić information content (AvgIpc) is 1.80. The zero-order chi connectivity index (χ0) is 7.11. The van der Waals surface area contributed by atoms with Crippen LogP contribution in [0.25, 0.3) is 0 Å². The third-order valence-corrected chi connectivity index (χ3v) is 1.07. The highest BCUT2D eigenvalue weighted by molar-refractivity contribution is 6.19. The molecule has 1 unspecified atom stereocenters. The number of alkyl halides is 1. The standard InChI is InChI=1S/C6H13ClO2/c1-2-4-9-5-3-6(7)8/h6,8H,2-5H2,1H3. The van der Waals surface area contributed by atoms with Crippen LogP contribution < -0.4 is 0 Å². The van der Waals surface area contributed by atoms with E-state index in [-0.39, 0.29) is 0 Å². The predicted octanol–water partition coefficient (Wildman–Crippen LogP) is 1.36. The van der Waals surface area contributed by atoms with E-state index in [0.29, 0.717) is 13.0 Å². The van der Waals surface area contributed by atoms with Gasteiger partial charge in [-0.05, 0) is 6.42 Å². The molecular weight excluding hydrogens is 140 g/mol. The predicted molar refractivity (Wildman–Crippen MR) is 37.6 cm³/mol. The van der Waals surface area contributed by atoms with Crippen molar-refractivity contribution in [3.63, 3.8) is 0 Å². The lowest BCUT2D eigenvalue weighted by Crippen LogP contribution is -2.03. The van der Waals surface area contributed by atoms with Gasteiger partial charge in [0.2, 0.25) is 0 Å². The smallest absolute Gasteiger partial charge is 0.130 e. The zero-order valence-electron chi connectivity index (χ0n) is 5.64. The van der Waals surface area contributed by atoms with Gasteiger partial charge in [0.1, 0.15) is 5.56 Å². The molecule has 0 heterocycles. The maximum Gasteiger partial charge on any atom is 0.130 e. The Labute approximate surface area is 60.8 Å². The highest BCUT2D eigenvalue weighted by atomic mass is 35.5. The van der Waals surface area contributed by atoms with Gasteiger partial charge in [-0.1, -0.05) is 18.5 Å². The summed E-state index contributed by atoms with van der Waals surface area (Å²) in [5.74, 6) is 0. The lowest BCUT2D eigenvalue weighted by molar-refractivity contribution is 0.108. The molecule has 2 nitrogen and oxygen atoms in total. The maximum atomic E-state index is 8.54. The van der Waals surface area contributed by atoms with Gasteiger partial charge in [-0.25, -0.2) is 0 Å². The summed E-state index contributed by atoms with van der Waals surface area (Å²) in [4.78, 5) is 0. The van der Waals surface area contributed by atoms with Gasteiger partial charge in [0.05, 0.1) is 6.61 Å². The topological polar surface area (TPSA) is 29.5 Å². The Bertz CT molecular complexity index is 57.0. The van der Waals surface area contributed by atoms with Gasteiger partial charge in [0, 0.05) is 13.0 Å². The molecule has 0 aliphatic rings. The van der Waals surface area contributed by atoms with E-state index in [4.69, 9.17) is 21.4 Å². The highest BCUT2D eigenvalue weighted by Gasteiger charge is 1.95. The fourth-order valence-corrected chi connectivity index (χ4v) is 0.516. The number of rotatable bonds is 5. The van der Waals surface area contributed by atoms with E-state index in [0.717, 1.165) is 13.0 Å². The summed E-state index contributed by atoms with van der Waals surface area (Å²) in [6.45, 7) is 3.35. The van der Waals surface area contributed by atoms with Crippen molar-refractivity contribution in [1.29, 1.82) is 0 Å². The lowest BCUT2D eigenvalue weighted by atomic mass is 10.5. The molecule has 0 fully saturated rings. The molecular formula is C6H13ClO2. The highest BCUT2D eigenvalue weighted by Crippen LogP contribution is 1.96. The number of ether oxygens (including phenoxy) is 1. The molecule has 0 aliphatic carbocycles. The molecule has 0 saturated heterocycles. The molecule has 56 valence electrons. The Morgan fingerprint density at radius 1 is 1.56 bits per heavy atom. The molecule has 0 saturated carbocycles. The quantitative estimate of drug-likeness (QED) is 0.476. The zero-order valence-corrected chi connectivity index (χ0v) is 6.40. The van der Waals surface area contributed by atoms with Gasteiger partial charge in [-0.3, -0.25) is 0 Å². The largest absolute Gasteiger partial charge is 0.381 e. The van der Waals surface area contributed by atoms with Crippen LogP contribution in [0.15, 0.2) is 0 Å². The van der Waals surface area contributed by atoms with Crippen LogP contribution in [0.4, 0.5) is 0 Å². The van der Waals surface area contributed by atoms with Gasteiger partial charge in [0.15, 0.2) is 0 Å². The first kappa shape index (κ1) is 9.21. The van der Waals surface area contributed by atoms with Crippen molar-refractivity contribution in [2.75, 3.05) is 13.2 Å². The maximum absolute atomic E-state index is 8.54. The minimum Gasteiger partial charge on any atom is -0.381 e. The van der Waals surface area contributed by atoms with Crippen LogP contribution in [0.1, 0.15) is 19.8 Å². The van der Waals surface area contributed by atoms with Crippen LogP contribution >= 0.6 is 11.6 Å². The van der Waals surface area contributed by atoms with Crippen LogP contribution in [0.2, 0.25) is 0 Å². The molecule has 9 heavy (non-hydrogen) atoms. The molecule has 0 radical (unpaired) electrons. The molecule has 3 heteroatoms. The van der Waals surface area contributed by atoms with Crippen LogP contribution in [0.3, 0.4) is 0 Å². The van der Waals surface area contributed by atoms with E-state index >= 15 is 0 Å². The summed E-state index contributed by atoms with van der Waals surface area (Å²) in [7, 11) is 0. The van der Waals surface area contributed by atoms with Gasteiger partial charge < -0.3 is 9.84 Å². The molecule has 0 amide bonds. The number of halogens is 1. The van der Waals surface area contributed by atoms with Crippen LogP contribution in [-0.2, 0) is 4.74 Å². The number of aliphatic hydroxyl groups excluding tert-OH is 1. The van der Waals surface area contributed by atoms with Crippen molar-refractivity contribution < 1.29 is 9.84 Å². The van der Waals surface area contributed by atoms with Crippen molar-refractivity contribution in [3.05, 3.63) is 0 Å². The Morgan fingerprint density at radius 2 is 2.22 bits per heavy atom. The van der Waals surface area contributed by atoms with E-state index in [1.54, 1.807) is 0 Å². The third-order valence-electron chi connectivity index (χ3n) is 0.849. The normalized spacial score (nSPS) is 13.7. The molecule has 1 N–H and O–H groups in total. The molecule has 0 aliphatic heterocycles. The number of hydrogen-bond donors (Lipinski definition) is 1. The van der Waals surface area contributed by atoms with E-state index < -0.39 is 5.56 Å². The molecule has 0 aromatic carbocycles. The first-order valence-electron chi connectivity index (χ1n) is 3.17. The minimum absolute atomic E-state index is 0.515. The summed E-state index contributed by atoms with van der Waals surface area (Å²) in [6, 6.07) is 0. The molecule has 1 atom stereocenters. The fraction of sp³-hybridized carbons (Fsp3) is 1.00. The fourth-order valence-electron chi connectivity index (χ4n) is 0.427. The van der Waals surface area contributed by atoms with Crippen LogP contribution in [-0.4, -0.2) is 23.9 Å². The van der Waals surface area contributed by atoms with E-state index in [1.165, 1.54) is 0 Å². The van der Waals surface area contributed by atoms with Gasteiger partial charge in [0.25, 0.3) is 0 Å². The van der Waals surface area contributed by atoms with Gasteiger partial charge in [-0.15, -0.1) is 0 Å². The Morgan fingerprint density at radius 3 is 2.67 bits per heavy atom. The molecule has 0 bridgehead atoms. The van der Waals surface area contributed by atoms with Gasteiger partial charge in [-0.2, -0.15) is 0 Å². The van der Waals surface area contributed by atoms with Crippen molar-refractivity contribution in [3.8, 4) is 0 Å². The summed E-state index contributed by atoms with van der Waals surface area (Å²) in [5.41, 5.74) is -0.748. The number of aliphatic hydroxyl groups is 1. The number of hydrogen-bond acceptors (Lipinski definition) is 2. The first-order valence-corrected chi connectivity index (χ1v) is 3.61. The van der Waals surface area contributed by atoms with E-state index in [1.807, 2.05) is 6.92 Å². The Hall–Kier alpha value is 0.210. The monoisotopic (exact) mass is 152 g/mol. The molecule has 0 spiro atoms. The summed E-state index contributed by atoms with van der Waals surface area (Å²) < 4.78 is 5.05. The van der Waals surface area contributed by atoms with Crippen LogP contribution in [0, 0.1) is 0 Å².